The standard InChI is InChI=1S/C20H27N3O/c24-20(22-13-16-23-14-4-1-5-15-23)21-12-11-18-9-6-8-17-7-2-3-10-19(17)18/h2-3,6-10H,1,4-5,11-16H2,(H2,21,22,24). The third kappa shape index (κ3) is 4.71. The first-order valence-electron chi connectivity index (χ1n) is 9.03. The molecule has 1 fully saturated rings. The van der Waals surface area contributed by atoms with Gasteiger partial charge in [0.15, 0.2) is 0 Å². The van der Waals surface area contributed by atoms with Crippen molar-refractivity contribution >= 4 is 16.8 Å². The Morgan fingerprint density at radius 1 is 0.917 bits per heavy atom. The zero-order chi connectivity index (χ0) is 16.6. The first-order valence-corrected chi connectivity index (χ1v) is 9.03. The highest BCUT2D eigenvalue weighted by atomic mass is 16.2. The Bertz CT molecular complexity index is 659. The van der Waals surface area contributed by atoms with Crippen LogP contribution in [0.1, 0.15) is 24.8 Å². The van der Waals surface area contributed by atoms with E-state index in [1.54, 1.807) is 0 Å². The Balaban J connectivity index is 1.38. The quantitative estimate of drug-likeness (QED) is 0.857. The second-order valence-corrected chi connectivity index (χ2v) is 6.47. The van der Waals surface area contributed by atoms with Crippen LogP contribution in [0.5, 0.6) is 0 Å². The van der Waals surface area contributed by atoms with E-state index in [0.29, 0.717) is 6.54 Å². The second-order valence-electron chi connectivity index (χ2n) is 6.47. The zero-order valence-corrected chi connectivity index (χ0v) is 14.3. The summed E-state index contributed by atoms with van der Waals surface area (Å²) in [5, 5.41) is 8.45. The molecule has 4 nitrogen and oxygen atoms in total. The number of nitrogens with one attached hydrogen (secondary N) is 2. The molecule has 1 aliphatic heterocycles. The predicted molar refractivity (Wildman–Crippen MR) is 99.3 cm³/mol. The number of urea groups is 1. The van der Waals surface area contributed by atoms with E-state index >= 15 is 0 Å². The smallest absolute Gasteiger partial charge is 0.314 e. The molecule has 0 aromatic heterocycles. The summed E-state index contributed by atoms with van der Waals surface area (Å²) in [6.07, 6.45) is 4.77. The summed E-state index contributed by atoms with van der Waals surface area (Å²) >= 11 is 0. The SMILES string of the molecule is O=C(NCCc1cccc2ccccc12)NCCN1CCCCC1. The first kappa shape index (κ1) is 16.8. The van der Waals surface area contributed by atoms with E-state index in [0.717, 1.165) is 19.5 Å². The van der Waals surface area contributed by atoms with Crippen molar-refractivity contribution in [3.63, 3.8) is 0 Å². The molecule has 2 amide bonds. The maximum Gasteiger partial charge on any atom is 0.314 e. The van der Waals surface area contributed by atoms with Crippen molar-refractivity contribution in [3.8, 4) is 0 Å². The number of hydrogen-bond acceptors (Lipinski definition) is 2. The van der Waals surface area contributed by atoms with Gasteiger partial charge in [-0.25, -0.2) is 4.79 Å². The molecule has 0 radical (unpaired) electrons. The van der Waals surface area contributed by atoms with Gasteiger partial charge in [-0.2, -0.15) is 0 Å². The maximum atomic E-state index is 11.9. The average molecular weight is 325 g/mol. The lowest BCUT2D eigenvalue weighted by Crippen LogP contribution is -2.42. The lowest BCUT2D eigenvalue weighted by atomic mass is 10.0. The summed E-state index contributed by atoms with van der Waals surface area (Å²) < 4.78 is 0. The summed E-state index contributed by atoms with van der Waals surface area (Å²) in [6.45, 7) is 4.68. The number of hydrogen-bond donors (Lipinski definition) is 2. The van der Waals surface area contributed by atoms with Crippen LogP contribution in [0.25, 0.3) is 10.8 Å². The highest BCUT2D eigenvalue weighted by Gasteiger charge is 2.09. The molecule has 1 heterocycles. The van der Waals surface area contributed by atoms with E-state index in [2.05, 4.69) is 58.0 Å². The van der Waals surface area contributed by atoms with Crippen molar-refractivity contribution in [2.45, 2.75) is 25.7 Å². The number of likely N-dealkylation sites (tertiary alicyclic amines) is 1. The number of amides is 2. The third-order valence-electron chi connectivity index (χ3n) is 4.72. The number of fused-ring (bicyclic) bond motifs is 1. The van der Waals surface area contributed by atoms with Gasteiger partial charge in [-0.05, 0) is 48.7 Å². The maximum absolute atomic E-state index is 11.9. The van der Waals surface area contributed by atoms with Gasteiger partial charge < -0.3 is 15.5 Å². The molecule has 0 saturated carbocycles. The fourth-order valence-corrected chi connectivity index (χ4v) is 3.39. The average Bonchev–Trinajstić information content (AvgIpc) is 2.63. The van der Waals surface area contributed by atoms with Gasteiger partial charge in [0.05, 0.1) is 0 Å². The lowest BCUT2D eigenvalue weighted by molar-refractivity contribution is 0.220. The van der Waals surface area contributed by atoms with Gasteiger partial charge in [0.1, 0.15) is 0 Å². The van der Waals surface area contributed by atoms with E-state index in [-0.39, 0.29) is 6.03 Å². The number of rotatable bonds is 6. The van der Waals surface area contributed by atoms with Crippen LogP contribution in [0.4, 0.5) is 4.79 Å². The molecule has 2 aromatic carbocycles. The minimum Gasteiger partial charge on any atom is -0.338 e. The largest absolute Gasteiger partial charge is 0.338 e. The molecular weight excluding hydrogens is 298 g/mol. The molecule has 128 valence electrons. The van der Waals surface area contributed by atoms with Gasteiger partial charge >= 0.3 is 6.03 Å². The number of piperidine rings is 1. The summed E-state index contributed by atoms with van der Waals surface area (Å²) in [5.41, 5.74) is 1.28. The van der Waals surface area contributed by atoms with Crippen LogP contribution in [0, 0.1) is 0 Å². The van der Waals surface area contributed by atoms with Crippen LogP contribution in [0.3, 0.4) is 0 Å². The number of nitrogens with zero attached hydrogens (tertiary/aromatic N) is 1. The summed E-state index contributed by atoms with van der Waals surface area (Å²) in [4.78, 5) is 14.3. The van der Waals surface area contributed by atoms with Crippen LogP contribution < -0.4 is 10.6 Å². The normalized spacial score (nSPS) is 15.3. The monoisotopic (exact) mass is 325 g/mol. The summed E-state index contributed by atoms with van der Waals surface area (Å²) in [7, 11) is 0. The molecule has 0 bridgehead atoms. The van der Waals surface area contributed by atoms with Gasteiger partial charge in [-0.15, -0.1) is 0 Å². The van der Waals surface area contributed by atoms with Gasteiger partial charge in [-0.1, -0.05) is 48.9 Å². The third-order valence-corrected chi connectivity index (χ3v) is 4.72. The molecular formula is C20H27N3O. The van der Waals surface area contributed by atoms with Crippen molar-refractivity contribution < 1.29 is 4.79 Å². The van der Waals surface area contributed by atoms with E-state index in [9.17, 15) is 4.79 Å². The van der Waals surface area contributed by atoms with Crippen LogP contribution in [-0.4, -0.2) is 43.7 Å². The van der Waals surface area contributed by atoms with Crippen LogP contribution in [0.15, 0.2) is 42.5 Å². The molecule has 0 unspecified atom stereocenters. The summed E-state index contributed by atoms with van der Waals surface area (Å²) in [6, 6.07) is 14.7. The van der Waals surface area contributed by atoms with Gasteiger partial charge in [-0.3, -0.25) is 0 Å². The van der Waals surface area contributed by atoms with Gasteiger partial charge in [0, 0.05) is 19.6 Å². The van der Waals surface area contributed by atoms with Crippen molar-refractivity contribution in [3.05, 3.63) is 48.0 Å². The number of benzene rings is 2. The second kappa shape index (κ2) is 8.69. The highest BCUT2D eigenvalue weighted by Crippen LogP contribution is 2.18. The Labute approximate surface area is 144 Å². The van der Waals surface area contributed by atoms with E-state index < -0.39 is 0 Å². The fourth-order valence-electron chi connectivity index (χ4n) is 3.39. The van der Waals surface area contributed by atoms with Crippen LogP contribution in [0.2, 0.25) is 0 Å². The van der Waals surface area contributed by atoms with Crippen molar-refractivity contribution in [2.24, 2.45) is 0 Å². The van der Waals surface area contributed by atoms with Crippen LogP contribution in [-0.2, 0) is 6.42 Å². The van der Waals surface area contributed by atoms with Crippen molar-refractivity contribution in [1.29, 1.82) is 0 Å². The Hall–Kier alpha value is -2.07. The molecule has 1 aliphatic rings. The predicted octanol–water partition coefficient (Wildman–Crippen LogP) is 3.17. The Morgan fingerprint density at radius 2 is 1.67 bits per heavy atom. The molecule has 24 heavy (non-hydrogen) atoms. The van der Waals surface area contributed by atoms with Gasteiger partial charge in [0.25, 0.3) is 0 Å². The minimum absolute atomic E-state index is 0.0627. The molecule has 4 heteroatoms. The molecule has 2 aromatic rings. The molecule has 0 spiro atoms. The molecule has 0 atom stereocenters. The van der Waals surface area contributed by atoms with Crippen molar-refractivity contribution in [2.75, 3.05) is 32.7 Å². The van der Waals surface area contributed by atoms with E-state index in [1.165, 1.54) is 48.7 Å². The van der Waals surface area contributed by atoms with E-state index in [4.69, 9.17) is 0 Å². The topological polar surface area (TPSA) is 44.4 Å². The van der Waals surface area contributed by atoms with Gasteiger partial charge in [0.2, 0.25) is 0 Å². The Morgan fingerprint density at radius 3 is 2.54 bits per heavy atom. The van der Waals surface area contributed by atoms with E-state index in [1.807, 2.05) is 0 Å². The number of carbonyl (C=O) groups excluding carboxylic acids is 1. The summed E-state index contributed by atoms with van der Waals surface area (Å²) in [5.74, 6) is 0. The molecule has 0 aliphatic carbocycles. The molecule has 2 N–H and O–H groups in total. The Kier molecular flexibility index (Phi) is 6.07. The first-order chi connectivity index (χ1) is 11.8. The molecule has 1 saturated heterocycles. The lowest BCUT2D eigenvalue weighted by Gasteiger charge is -2.26. The van der Waals surface area contributed by atoms with Crippen molar-refractivity contribution in [1.82, 2.24) is 15.5 Å². The number of carbonyl (C=O) groups is 1. The van der Waals surface area contributed by atoms with Crippen LogP contribution >= 0.6 is 0 Å². The highest BCUT2D eigenvalue weighted by molar-refractivity contribution is 5.85. The molecule has 3 rings (SSSR count). The zero-order valence-electron chi connectivity index (χ0n) is 14.3. The minimum atomic E-state index is -0.0627. The fraction of sp³-hybridized carbons (Fsp3) is 0.450.